The van der Waals surface area contributed by atoms with Crippen molar-refractivity contribution in [3.63, 3.8) is 0 Å². The first kappa shape index (κ1) is 12.4. The van der Waals surface area contributed by atoms with Crippen LogP contribution in [0.3, 0.4) is 0 Å². The molecule has 1 fully saturated rings. The van der Waals surface area contributed by atoms with Crippen molar-refractivity contribution in [3.05, 3.63) is 29.8 Å². The predicted molar refractivity (Wildman–Crippen MR) is 68.2 cm³/mol. The van der Waals surface area contributed by atoms with Gasteiger partial charge in [-0.1, -0.05) is 12.1 Å². The molecule has 1 aliphatic rings. The Kier molecular flexibility index (Phi) is 4.02. The molecule has 3 unspecified atom stereocenters. The Bertz CT molecular complexity index is 367. The maximum Gasteiger partial charge on any atom is 0.119 e. The van der Waals surface area contributed by atoms with Crippen LogP contribution in [0.2, 0.25) is 0 Å². The van der Waals surface area contributed by atoms with Gasteiger partial charge in [0.25, 0.3) is 0 Å². The van der Waals surface area contributed by atoms with Crippen LogP contribution in [0, 0.1) is 5.92 Å². The van der Waals surface area contributed by atoms with Crippen molar-refractivity contribution in [1.82, 2.24) is 0 Å². The van der Waals surface area contributed by atoms with Crippen LogP contribution in [0.1, 0.15) is 18.9 Å². The first-order valence-corrected chi connectivity index (χ1v) is 6.19. The van der Waals surface area contributed by atoms with Gasteiger partial charge in [0.05, 0.1) is 19.8 Å². The number of methoxy groups -OCH3 is 1. The van der Waals surface area contributed by atoms with Gasteiger partial charge in [-0.15, -0.1) is 0 Å². The van der Waals surface area contributed by atoms with Gasteiger partial charge in [-0.3, -0.25) is 0 Å². The summed E-state index contributed by atoms with van der Waals surface area (Å²) in [6.45, 7) is 2.91. The fourth-order valence-electron chi connectivity index (χ4n) is 2.39. The molecule has 3 atom stereocenters. The number of hydrogen-bond acceptors (Lipinski definition) is 3. The summed E-state index contributed by atoms with van der Waals surface area (Å²) >= 11 is 0. The van der Waals surface area contributed by atoms with Crippen LogP contribution in [0.15, 0.2) is 24.3 Å². The van der Waals surface area contributed by atoms with E-state index in [0.29, 0.717) is 12.0 Å². The molecule has 0 aromatic heterocycles. The van der Waals surface area contributed by atoms with E-state index in [0.717, 1.165) is 25.2 Å². The summed E-state index contributed by atoms with van der Waals surface area (Å²) in [7, 11) is 1.69. The topological polar surface area (TPSA) is 44.5 Å². The van der Waals surface area contributed by atoms with E-state index in [1.807, 2.05) is 12.1 Å². The van der Waals surface area contributed by atoms with E-state index in [1.165, 1.54) is 5.56 Å². The minimum Gasteiger partial charge on any atom is -0.497 e. The van der Waals surface area contributed by atoms with Crippen molar-refractivity contribution in [2.45, 2.75) is 31.9 Å². The molecule has 0 amide bonds. The minimum absolute atomic E-state index is 0.173. The molecule has 94 valence electrons. The second kappa shape index (κ2) is 5.52. The lowest BCUT2D eigenvalue weighted by Gasteiger charge is -2.18. The molecular formula is C14H21NO2. The number of hydrogen-bond donors (Lipinski definition) is 1. The molecule has 1 heterocycles. The molecule has 1 saturated heterocycles. The van der Waals surface area contributed by atoms with Gasteiger partial charge >= 0.3 is 0 Å². The number of benzene rings is 1. The third kappa shape index (κ3) is 3.20. The molecule has 1 aromatic rings. The number of nitrogens with two attached hydrogens (primary N) is 1. The van der Waals surface area contributed by atoms with Gasteiger partial charge in [0.1, 0.15) is 5.75 Å². The summed E-state index contributed by atoms with van der Waals surface area (Å²) in [4.78, 5) is 0. The highest BCUT2D eigenvalue weighted by Gasteiger charge is 2.27. The molecule has 3 heteroatoms. The molecule has 3 nitrogen and oxygen atoms in total. The van der Waals surface area contributed by atoms with Crippen LogP contribution in [0.4, 0.5) is 0 Å². The van der Waals surface area contributed by atoms with Crippen molar-refractivity contribution in [2.24, 2.45) is 11.7 Å². The van der Waals surface area contributed by atoms with Crippen molar-refractivity contribution < 1.29 is 9.47 Å². The average Bonchev–Trinajstić information content (AvgIpc) is 2.76. The van der Waals surface area contributed by atoms with E-state index in [2.05, 4.69) is 19.1 Å². The maximum absolute atomic E-state index is 6.24. The van der Waals surface area contributed by atoms with Gasteiger partial charge < -0.3 is 15.2 Å². The lowest BCUT2D eigenvalue weighted by Crippen LogP contribution is -2.32. The molecule has 0 bridgehead atoms. The Hall–Kier alpha value is -1.06. The molecule has 2 N–H and O–H groups in total. The Morgan fingerprint density at radius 1 is 1.53 bits per heavy atom. The van der Waals surface area contributed by atoms with E-state index in [9.17, 15) is 0 Å². The van der Waals surface area contributed by atoms with E-state index in [1.54, 1.807) is 7.11 Å². The van der Waals surface area contributed by atoms with Crippen LogP contribution in [-0.2, 0) is 11.2 Å². The van der Waals surface area contributed by atoms with Gasteiger partial charge in [-0.2, -0.15) is 0 Å². The van der Waals surface area contributed by atoms with E-state index >= 15 is 0 Å². The van der Waals surface area contributed by atoms with Gasteiger partial charge in [0.15, 0.2) is 0 Å². The highest BCUT2D eigenvalue weighted by atomic mass is 16.5. The highest BCUT2D eigenvalue weighted by Crippen LogP contribution is 2.24. The lowest BCUT2D eigenvalue weighted by atomic mass is 9.92. The zero-order valence-corrected chi connectivity index (χ0v) is 10.6. The lowest BCUT2D eigenvalue weighted by molar-refractivity contribution is 0.118. The van der Waals surface area contributed by atoms with Gasteiger partial charge in [-0.25, -0.2) is 0 Å². The third-order valence-corrected chi connectivity index (χ3v) is 3.44. The van der Waals surface area contributed by atoms with Crippen LogP contribution in [0.5, 0.6) is 5.75 Å². The SMILES string of the molecule is COc1cccc(CC(N)C2COC(C)C2)c1. The molecule has 1 aromatic carbocycles. The first-order chi connectivity index (χ1) is 8.19. The number of ether oxygens (including phenoxy) is 2. The molecule has 0 saturated carbocycles. The summed E-state index contributed by atoms with van der Waals surface area (Å²) in [5.74, 6) is 1.38. The summed E-state index contributed by atoms with van der Waals surface area (Å²) in [6, 6.07) is 8.29. The van der Waals surface area contributed by atoms with E-state index in [-0.39, 0.29) is 6.04 Å². The smallest absolute Gasteiger partial charge is 0.119 e. The fraction of sp³-hybridized carbons (Fsp3) is 0.571. The standard InChI is InChI=1S/C14H21NO2/c1-10-6-12(9-17-10)14(15)8-11-4-3-5-13(7-11)16-2/h3-5,7,10,12,14H,6,8-9,15H2,1-2H3. The number of rotatable bonds is 4. The second-order valence-electron chi connectivity index (χ2n) is 4.86. The van der Waals surface area contributed by atoms with Gasteiger partial charge in [-0.05, 0) is 37.5 Å². The average molecular weight is 235 g/mol. The molecular weight excluding hydrogens is 214 g/mol. The fourth-order valence-corrected chi connectivity index (χ4v) is 2.39. The molecule has 0 radical (unpaired) electrons. The van der Waals surface area contributed by atoms with Crippen LogP contribution < -0.4 is 10.5 Å². The largest absolute Gasteiger partial charge is 0.497 e. The van der Waals surface area contributed by atoms with Crippen molar-refractivity contribution in [2.75, 3.05) is 13.7 Å². The van der Waals surface area contributed by atoms with Crippen molar-refractivity contribution in [1.29, 1.82) is 0 Å². The Balaban J connectivity index is 1.95. The summed E-state index contributed by atoms with van der Waals surface area (Å²) in [5.41, 5.74) is 7.48. The first-order valence-electron chi connectivity index (χ1n) is 6.19. The normalized spacial score (nSPS) is 25.8. The van der Waals surface area contributed by atoms with E-state index < -0.39 is 0 Å². The van der Waals surface area contributed by atoms with Crippen molar-refractivity contribution >= 4 is 0 Å². The summed E-state index contributed by atoms with van der Waals surface area (Å²) in [6.07, 6.45) is 2.32. The summed E-state index contributed by atoms with van der Waals surface area (Å²) in [5, 5.41) is 0. The summed E-state index contributed by atoms with van der Waals surface area (Å²) < 4.78 is 10.8. The zero-order chi connectivity index (χ0) is 12.3. The van der Waals surface area contributed by atoms with Gasteiger partial charge in [0, 0.05) is 12.0 Å². The molecule has 0 spiro atoms. The zero-order valence-electron chi connectivity index (χ0n) is 10.6. The van der Waals surface area contributed by atoms with E-state index in [4.69, 9.17) is 15.2 Å². The Labute approximate surface area is 103 Å². The molecule has 1 aliphatic heterocycles. The monoisotopic (exact) mass is 235 g/mol. The Morgan fingerprint density at radius 3 is 3.00 bits per heavy atom. The third-order valence-electron chi connectivity index (χ3n) is 3.44. The second-order valence-corrected chi connectivity index (χ2v) is 4.86. The quantitative estimate of drug-likeness (QED) is 0.868. The molecule has 17 heavy (non-hydrogen) atoms. The minimum atomic E-state index is 0.173. The van der Waals surface area contributed by atoms with Crippen LogP contribution in [0.25, 0.3) is 0 Å². The van der Waals surface area contributed by atoms with Crippen LogP contribution >= 0.6 is 0 Å². The Morgan fingerprint density at radius 2 is 2.35 bits per heavy atom. The van der Waals surface area contributed by atoms with Gasteiger partial charge in [0.2, 0.25) is 0 Å². The van der Waals surface area contributed by atoms with Crippen molar-refractivity contribution in [3.8, 4) is 5.75 Å². The predicted octanol–water partition coefficient (Wildman–Crippen LogP) is 1.99. The van der Waals surface area contributed by atoms with Crippen LogP contribution in [-0.4, -0.2) is 25.9 Å². The maximum atomic E-state index is 6.24. The molecule has 0 aliphatic carbocycles. The molecule has 2 rings (SSSR count). The highest BCUT2D eigenvalue weighted by molar-refractivity contribution is 5.29.